The maximum atomic E-state index is 12.5. The number of anilines is 2. The van der Waals surface area contributed by atoms with Crippen LogP contribution in [0.15, 0.2) is 78.9 Å². The molecule has 3 aromatic carbocycles. The van der Waals surface area contributed by atoms with Crippen molar-refractivity contribution in [3.63, 3.8) is 0 Å². The van der Waals surface area contributed by atoms with E-state index < -0.39 is 0 Å². The number of nitrogens with one attached hydrogen (secondary N) is 2. The minimum Gasteiger partial charge on any atom is -0.387 e. The van der Waals surface area contributed by atoms with Gasteiger partial charge in [-0.2, -0.15) is 0 Å². The second-order valence-electron chi connectivity index (χ2n) is 6.08. The number of benzene rings is 3. The number of amides is 1. The molecule has 5 heteroatoms. The summed E-state index contributed by atoms with van der Waals surface area (Å²) < 4.78 is 0. The zero-order valence-electron chi connectivity index (χ0n) is 15.3. The van der Waals surface area contributed by atoms with E-state index in [9.17, 15) is 9.59 Å². The minimum atomic E-state index is -0.216. The predicted octanol–water partition coefficient (Wildman–Crippen LogP) is 5.53. The van der Waals surface area contributed by atoms with Crippen LogP contribution in [-0.4, -0.2) is 18.7 Å². The summed E-state index contributed by atoms with van der Waals surface area (Å²) in [5, 5.41) is 6.49. The predicted molar refractivity (Wildman–Crippen MR) is 115 cm³/mol. The van der Waals surface area contributed by atoms with Crippen molar-refractivity contribution in [2.45, 2.75) is 0 Å². The number of halogens is 1. The Balaban J connectivity index is 1.66. The van der Waals surface area contributed by atoms with Crippen LogP contribution in [0.1, 0.15) is 26.3 Å². The van der Waals surface area contributed by atoms with Gasteiger partial charge in [0.05, 0.1) is 5.56 Å². The fraction of sp³-hybridized carbons (Fsp3) is 0.0435. The molecule has 0 unspecified atom stereocenters. The molecule has 0 radical (unpaired) electrons. The van der Waals surface area contributed by atoms with Crippen molar-refractivity contribution in [3.05, 3.63) is 101 Å². The monoisotopic (exact) mass is 390 g/mol. The molecule has 0 bridgehead atoms. The Bertz CT molecular complexity index is 1010. The molecule has 0 aliphatic heterocycles. The Labute approximate surface area is 168 Å². The Hall–Kier alpha value is -3.37. The van der Waals surface area contributed by atoms with Crippen LogP contribution < -0.4 is 10.6 Å². The van der Waals surface area contributed by atoms with Gasteiger partial charge >= 0.3 is 0 Å². The van der Waals surface area contributed by atoms with Crippen molar-refractivity contribution in [3.8, 4) is 0 Å². The van der Waals surface area contributed by atoms with Gasteiger partial charge in [-0.25, -0.2) is 0 Å². The molecule has 0 heterocycles. The van der Waals surface area contributed by atoms with Crippen LogP contribution in [0, 0.1) is 0 Å². The highest BCUT2D eigenvalue weighted by atomic mass is 35.5. The van der Waals surface area contributed by atoms with Crippen molar-refractivity contribution in [1.82, 2.24) is 0 Å². The van der Waals surface area contributed by atoms with Crippen LogP contribution in [0.5, 0.6) is 0 Å². The first kappa shape index (κ1) is 19.4. The summed E-state index contributed by atoms with van der Waals surface area (Å²) in [6.07, 6.45) is 3.25. The van der Waals surface area contributed by atoms with Crippen molar-refractivity contribution in [1.29, 1.82) is 0 Å². The lowest BCUT2D eigenvalue weighted by Crippen LogP contribution is -2.14. The molecular formula is C23H19ClN2O2. The highest BCUT2D eigenvalue weighted by molar-refractivity contribution is 6.30. The molecule has 3 rings (SSSR count). The third-order valence-corrected chi connectivity index (χ3v) is 4.42. The molecule has 140 valence electrons. The zero-order valence-corrected chi connectivity index (χ0v) is 16.0. The number of hydrogen-bond donors (Lipinski definition) is 2. The fourth-order valence-corrected chi connectivity index (χ4v) is 2.78. The minimum absolute atomic E-state index is 0.117. The van der Waals surface area contributed by atoms with Crippen molar-refractivity contribution < 1.29 is 9.59 Å². The molecule has 0 aromatic heterocycles. The molecule has 0 saturated heterocycles. The third-order valence-electron chi connectivity index (χ3n) is 4.17. The van der Waals surface area contributed by atoms with E-state index in [0.29, 0.717) is 21.8 Å². The lowest BCUT2D eigenvalue weighted by molar-refractivity contribution is 0.102. The van der Waals surface area contributed by atoms with Gasteiger partial charge < -0.3 is 10.6 Å². The van der Waals surface area contributed by atoms with Gasteiger partial charge in [-0.1, -0.05) is 41.9 Å². The van der Waals surface area contributed by atoms with Gasteiger partial charge in [0.25, 0.3) is 5.91 Å². The summed E-state index contributed by atoms with van der Waals surface area (Å²) in [7, 11) is 1.77. The SMILES string of the molecule is CNc1ccccc1C(=O)Nc1ccc(C(=O)/C=C/c2ccc(Cl)cc2)cc1. The molecule has 4 nitrogen and oxygen atoms in total. The molecule has 2 N–H and O–H groups in total. The normalized spacial score (nSPS) is 10.6. The second-order valence-corrected chi connectivity index (χ2v) is 6.51. The number of carbonyl (C=O) groups excluding carboxylic acids is 2. The Morgan fingerprint density at radius 2 is 1.57 bits per heavy atom. The van der Waals surface area contributed by atoms with E-state index in [-0.39, 0.29) is 11.7 Å². The molecule has 0 aliphatic carbocycles. The first-order valence-electron chi connectivity index (χ1n) is 8.73. The second kappa shape index (κ2) is 9.02. The Kier molecular flexibility index (Phi) is 6.25. The lowest BCUT2D eigenvalue weighted by atomic mass is 10.1. The van der Waals surface area contributed by atoms with Gasteiger partial charge in [-0.15, -0.1) is 0 Å². The number of allylic oxidation sites excluding steroid dienone is 1. The largest absolute Gasteiger partial charge is 0.387 e. The van der Waals surface area contributed by atoms with Gasteiger partial charge in [-0.3, -0.25) is 9.59 Å². The quantitative estimate of drug-likeness (QED) is 0.429. The van der Waals surface area contributed by atoms with Gasteiger partial charge in [0.15, 0.2) is 5.78 Å². The van der Waals surface area contributed by atoms with Gasteiger partial charge in [0.2, 0.25) is 0 Å². The summed E-state index contributed by atoms with van der Waals surface area (Å²) in [6.45, 7) is 0. The standard InChI is InChI=1S/C23H19ClN2O2/c1-25-21-5-3-2-4-20(21)23(28)26-19-13-9-17(10-14-19)22(27)15-8-16-6-11-18(24)12-7-16/h2-15,25H,1H3,(H,26,28)/b15-8+. The zero-order chi connectivity index (χ0) is 19.9. The molecule has 3 aromatic rings. The van der Waals surface area contributed by atoms with Gasteiger partial charge in [0, 0.05) is 29.0 Å². The highest BCUT2D eigenvalue weighted by Crippen LogP contribution is 2.18. The van der Waals surface area contributed by atoms with Crippen LogP contribution in [0.4, 0.5) is 11.4 Å². The van der Waals surface area contributed by atoms with Crippen LogP contribution >= 0.6 is 11.6 Å². The first-order chi connectivity index (χ1) is 13.6. The van der Waals surface area contributed by atoms with Crippen LogP contribution in [0.3, 0.4) is 0 Å². The van der Waals surface area contributed by atoms with E-state index in [0.717, 1.165) is 11.3 Å². The number of hydrogen-bond acceptors (Lipinski definition) is 3. The van der Waals surface area contributed by atoms with Crippen molar-refractivity contribution >= 4 is 40.7 Å². The molecule has 0 spiro atoms. The van der Waals surface area contributed by atoms with Crippen LogP contribution in [0.2, 0.25) is 5.02 Å². The van der Waals surface area contributed by atoms with E-state index in [2.05, 4.69) is 10.6 Å². The van der Waals surface area contributed by atoms with E-state index in [4.69, 9.17) is 11.6 Å². The molecule has 28 heavy (non-hydrogen) atoms. The lowest BCUT2D eigenvalue weighted by Gasteiger charge is -2.10. The van der Waals surface area contributed by atoms with Gasteiger partial charge in [-0.05, 0) is 60.2 Å². The summed E-state index contributed by atoms with van der Waals surface area (Å²) in [5.74, 6) is -0.333. The topological polar surface area (TPSA) is 58.2 Å². The van der Waals surface area contributed by atoms with Crippen molar-refractivity contribution in [2.24, 2.45) is 0 Å². The van der Waals surface area contributed by atoms with E-state index in [1.807, 2.05) is 30.3 Å². The smallest absolute Gasteiger partial charge is 0.257 e. The summed E-state index contributed by atoms with van der Waals surface area (Å²) in [4.78, 5) is 24.8. The Morgan fingerprint density at radius 3 is 2.25 bits per heavy atom. The summed E-state index contributed by atoms with van der Waals surface area (Å²) in [5.41, 5.74) is 3.35. The number of para-hydroxylation sites is 1. The Morgan fingerprint density at radius 1 is 0.893 bits per heavy atom. The number of carbonyl (C=O) groups is 2. The average molecular weight is 391 g/mol. The van der Waals surface area contributed by atoms with Crippen molar-refractivity contribution in [2.75, 3.05) is 17.7 Å². The highest BCUT2D eigenvalue weighted by Gasteiger charge is 2.10. The summed E-state index contributed by atoms with van der Waals surface area (Å²) >= 11 is 5.85. The summed E-state index contributed by atoms with van der Waals surface area (Å²) in [6, 6.07) is 21.3. The molecule has 0 aliphatic rings. The molecular weight excluding hydrogens is 372 g/mol. The maximum absolute atomic E-state index is 12.5. The van der Waals surface area contributed by atoms with E-state index >= 15 is 0 Å². The van der Waals surface area contributed by atoms with E-state index in [1.54, 1.807) is 55.6 Å². The average Bonchev–Trinajstić information content (AvgIpc) is 2.73. The molecule has 1 amide bonds. The maximum Gasteiger partial charge on any atom is 0.257 e. The molecule has 0 atom stereocenters. The molecule has 0 fully saturated rings. The number of ketones is 1. The van der Waals surface area contributed by atoms with Crippen LogP contribution in [-0.2, 0) is 0 Å². The van der Waals surface area contributed by atoms with Gasteiger partial charge in [0.1, 0.15) is 0 Å². The van der Waals surface area contributed by atoms with Crippen LogP contribution in [0.25, 0.3) is 6.08 Å². The molecule has 0 saturated carbocycles. The number of rotatable bonds is 6. The fourth-order valence-electron chi connectivity index (χ4n) is 2.66. The first-order valence-corrected chi connectivity index (χ1v) is 9.11. The third kappa shape index (κ3) is 4.87. The van der Waals surface area contributed by atoms with E-state index in [1.165, 1.54) is 6.08 Å².